The number of hydrogen-bond acceptors (Lipinski definition) is 4. The van der Waals surface area contributed by atoms with Crippen LogP contribution in [-0.4, -0.2) is 46.0 Å². The number of sulfonamides is 1. The summed E-state index contributed by atoms with van der Waals surface area (Å²) in [4.78, 5) is 0.224. The highest BCUT2D eigenvalue weighted by atomic mass is 35.5. The summed E-state index contributed by atoms with van der Waals surface area (Å²) in [6.07, 6.45) is 0.838. The predicted molar refractivity (Wildman–Crippen MR) is 76.5 cm³/mol. The Hall–Kier alpha value is -0.820. The first-order valence-electron chi connectivity index (χ1n) is 5.89. The minimum atomic E-state index is -3.50. The highest BCUT2D eigenvalue weighted by Crippen LogP contribution is 2.27. The summed E-state index contributed by atoms with van der Waals surface area (Å²) in [6, 6.07) is 6.71. The molecule has 1 saturated heterocycles. The van der Waals surface area contributed by atoms with Crippen LogP contribution in [0.25, 0.3) is 0 Å². The van der Waals surface area contributed by atoms with Crippen LogP contribution in [-0.2, 0) is 10.0 Å². The van der Waals surface area contributed by atoms with Crippen LogP contribution in [0, 0.1) is 0 Å². The maximum Gasteiger partial charge on any atom is 0.246 e. The summed E-state index contributed by atoms with van der Waals surface area (Å²) >= 11 is 0. The van der Waals surface area contributed by atoms with Gasteiger partial charge < -0.3 is 10.1 Å². The number of methoxy groups -OCH3 is 1. The smallest absolute Gasteiger partial charge is 0.246 e. The normalized spacial score (nSPS) is 19.2. The van der Waals surface area contributed by atoms with Gasteiger partial charge in [0.1, 0.15) is 10.6 Å². The van der Waals surface area contributed by atoms with Crippen LogP contribution in [0.2, 0.25) is 0 Å². The SMILES string of the molecule is COc1ccccc1S(=O)(=O)N(C)C1CCNC1.Cl. The molecule has 108 valence electrons. The van der Waals surface area contributed by atoms with Crippen LogP contribution < -0.4 is 10.1 Å². The van der Waals surface area contributed by atoms with Gasteiger partial charge in [-0.05, 0) is 25.1 Å². The van der Waals surface area contributed by atoms with Crippen LogP contribution in [0.3, 0.4) is 0 Å². The van der Waals surface area contributed by atoms with Gasteiger partial charge in [0.25, 0.3) is 0 Å². The molecule has 2 rings (SSSR count). The van der Waals surface area contributed by atoms with Crippen molar-refractivity contribution >= 4 is 22.4 Å². The molecule has 0 aromatic heterocycles. The van der Waals surface area contributed by atoms with Gasteiger partial charge in [-0.1, -0.05) is 12.1 Å². The molecule has 1 unspecified atom stereocenters. The van der Waals surface area contributed by atoms with E-state index in [1.54, 1.807) is 31.3 Å². The zero-order valence-corrected chi connectivity index (χ0v) is 12.6. The zero-order chi connectivity index (χ0) is 13.2. The Balaban J connectivity index is 0.00000180. The van der Waals surface area contributed by atoms with Crippen molar-refractivity contribution in [1.82, 2.24) is 9.62 Å². The molecule has 0 spiro atoms. The number of likely N-dealkylation sites (N-methyl/N-ethyl adjacent to an activating group) is 1. The maximum atomic E-state index is 12.5. The Morgan fingerprint density at radius 2 is 2.05 bits per heavy atom. The molecule has 1 heterocycles. The highest BCUT2D eigenvalue weighted by molar-refractivity contribution is 7.89. The van der Waals surface area contributed by atoms with Crippen LogP contribution in [0.4, 0.5) is 0 Å². The molecule has 19 heavy (non-hydrogen) atoms. The lowest BCUT2D eigenvalue weighted by molar-refractivity contribution is 0.376. The zero-order valence-electron chi connectivity index (χ0n) is 11.0. The van der Waals surface area contributed by atoms with Crippen molar-refractivity contribution in [2.75, 3.05) is 27.2 Å². The molecular formula is C12H19ClN2O3S. The van der Waals surface area contributed by atoms with Crippen molar-refractivity contribution in [3.8, 4) is 5.75 Å². The molecule has 0 aliphatic carbocycles. The van der Waals surface area contributed by atoms with Crippen molar-refractivity contribution in [3.63, 3.8) is 0 Å². The van der Waals surface area contributed by atoms with Gasteiger partial charge in [0.2, 0.25) is 10.0 Å². The molecule has 0 bridgehead atoms. The Bertz CT molecular complexity index is 515. The molecule has 0 radical (unpaired) electrons. The molecule has 1 fully saturated rings. The van der Waals surface area contributed by atoms with Crippen molar-refractivity contribution in [3.05, 3.63) is 24.3 Å². The average Bonchev–Trinajstić information content (AvgIpc) is 2.91. The van der Waals surface area contributed by atoms with Crippen LogP contribution in [0.15, 0.2) is 29.2 Å². The standard InChI is InChI=1S/C12H18N2O3S.ClH/c1-14(10-7-8-13-9-10)18(15,16)12-6-4-3-5-11(12)17-2;/h3-6,10,13H,7-9H2,1-2H3;1H. The molecule has 1 aromatic carbocycles. The van der Waals surface area contributed by atoms with Crippen LogP contribution >= 0.6 is 12.4 Å². The molecular weight excluding hydrogens is 288 g/mol. The lowest BCUT2D eigenvalue weighted by Gasteiger charge is -2.23. The fourth-order valence-electron chi connectivity index (χ4n) is 2.13. The molecule has 1 aromatic rings. The fourth-order valence-corrected chi connectivity index (χ4v) is 3.67. The topological polar surface area (TPSA) is 58.6 Å². The highest BCUT2D eigenvalue weighted by Gasteiger charge is 2.31. The van der Waals surface area contributed by atoms with E-state index in [4.69, 9.17) is 4.74 Å². The Morgan fingerprint density at radius 3 is 2.63 bits per heavy atom. The first-order valence-corrected chi connectivity index (χ1v) is 7.33. The van der Waals surface area contributed by atoms with Crippen molar-refractivity contribution in [2.45, 2.75) is 17.4 Å². The van der Waals surface area contributed by atoms with Gasteiger partial charge in [-0.2, -0.15) is 4.31 Å². The van der Waals surface area contributed by atoms with Gasteiger partial charge in [-0.15, -0.1) is 12.4 Å². The monoisotopic (exact) mass is 306 g/mol. The Kier molecular flexibility index (Phi) is 5.61. The first kappa shape index (κ1) is 16.2. The molecule has 1 atom stereocenters. The van der Waals surface area contributed by atoms with E-state index in [1.165, 1.54) is 11.4 Å². The van der Waals surface area contributed by atoms with E-state index >= 15 is 0 Å². The van der Waals surface area contributed by atoms with Gasteiger partial charge in [0.05, 0.1) is 7.11 Å². The third-order valence-corrected chi connectivity index (χ3v) is 5.22. The lowest BCUT2D eigenvalue weighted by atomic mass is 10.3. The van der Waals surface area contributed by atoms with Crippen molar-refractivity contribution in [1.29, 1.82) is 0 Å². The summed E-state index contributed by atoms with van der Waals surface area (Å²) in [5.41, 5.74) is 0. The van der Waals surface area contributed by atoms with E-state index in [9.17, 15) is 8.42 Å². The van der Waals surface area contributed by atoms with E-state index in [0.29, 0.717) is 12.3 Å². The number of ether oxygens (including phenoxy) is 1. The van der Waals surface area contributed by atoms with Gasteiger partial charge in [0.15, 0.2) is 0 Å². The minimum Gasteiger partial charge on any atom is -0.495 e. The molecule has 1 aliphatic rings. The summed E-state index contributed by atoms with van der Waals surface area (Å²) in [7, 11) is -0.395. The van der Waals surface area contributed by atoms with Gasteiger partial charge in [0, 0.05) is 19.6 Å². The Morgan fingerprint density at radius 1 is 1.37 bits per heavy atom. The summed E-state index contributed by atoms with van der Waals surface area (Å²) < 4.78 is 31.6. The van der Waals surface area contributed by atoms with Crippen molar-refractivity contribution in [2.24, 2.45) is 0 Å². The van der Waals surface area contributed by atoms with Crippen LogP contribution in [0.1, 0.15) is 6.42 Å². The number of benzene rings is 1. The second kappa shape index (κ2) is 6.56. The number of halogens is 1. The third kappa shape index (κ3) is 3.20. The van der Waals surface area contributed by atoms with E-state index in [2.05, 4.69) is 5.32 Å². The second-order valence-electron chi connectivity index (χ2n) is 4.32. The fraction of sp³-hybridized carbons (Fsp3) is 0.500. The maximum absolute atomic E-state index is 12.5. The van der Waals surface area contributed by atoms with E-state index < -0.39 is 10.0 Å². The molecule has 1 aliphatic heterocycles. The van der Waals surface area contributed by atoms with E-state index in [-0.39, 0.29) is 23.3 Å². The minimum absolute atomic E-state index is 0. The molecule has 0 amide bonds. The number of para-hydroxylation sites is 1. The average molecular weight is 307 g/mol. The second-order valence-corrected chi connectivity index (χ2v) is 6.28. The van der Waals surface area contributed by atoms with Gasteiger partial charge in [-0.3, -0.25) is 0 Å². The van der Waals surface area contributed by atoms with Gasteiger partial charge >= 0.3 is 0 Å². The molecule has 1 N–H and O–H groups in total. The van der Waals surface area contributed by atoms with E-state index in [1.807, 2.05) is 0 Å². The van der Waals surface area contributed by atoms with Crippen LogP contribution in [0.5, 0.6) is 5.75 Å². The number of nitrogens with zero attached hydrogens (tertiary/aromatic N) is 1. The summed E-state index contributed by atoms with van der Waals surface area (Å²) in [6.45, 7) is 1.56. The first-order chi connectivity index (χ1) is 8.57. The quantitative estimate of drug-likeness (QED) is 0.905. The largest absolute Gasteiger partial charge is 0.495 e. The predicted octanol–water partition coefficient (Wildman–Crippen LogP) is 1.10. The summed E-state index contributed by atoms with van der Waals surface area (Å²) in [5.74, 6) is 0.385. The van der Waals surface area contributed by atoms with Crippen molar-refractivity contribution < 1.29 is 13.2 Å². The Labute approximate surface area is 120 Å². The number of nitrogens with one attached hydrogen (secondary N) is 1. The lowest BCUT2D eigenvalue weighted by Crippen LogP contribution is -2.38. The summed E-state index contributed by atoms with van der Waals surface area (Å²) in [5, 5.41) is 3.17. The number of hydrogen-bond donors (Lipinski definition) is 1. The number of rotatable bonds is 4. The third-order valence-electron chi connectivity index (χ3n) is 3.27. The molecule has 7 heteroatoms. The molecule has 0 saturated carbocycles. The van der Waals surface area contributed by atoms with Gasteiger partial charge in [-0.25, -0.2) is 8.42 Å². The van der Waals surface area contributed by atoms with E-state index in [0.717, 1.165) is 13.0 Å². The molecule has 5 nitrogen and oxygen atoms in total.